The van der Waals surface area contributed by atoms with Crippen molar-refractivity contribution in [1.82, 2.24) is 4.90 Å². The van der Waals surface area contributed by atoms with Gasteiger partial charge < -0.3 is 9.84 Å². The van der Waals surface area contributed by atoms with Gasteiger partial charge in [-0.05, 0) is 84.5 Å². The Bertz CT molecular complexity index is 1140. The number of carbonyl (C=O) groups is 1. The maximum absolute atomic E-state index is 12.8. The zero-order valence-corrected chi connectivity index (χ0v) is 20.2. The lowest BCUT2D eigenvalue weighted by molar-refractivity contribution is -0.152. The van der Waals surface area contributed by atoms with Crippen LogP contribution in [-0.2, 0) is 30.9 Å². The number of thiophene rings is 1. The van der Waals surface area contributed by atoms with Crippen molar-refractivity contribution in [3.63, 3.8) is 0 Å². The molecule has 1 aliphatic heterocycles. The van der Waals surface area contributed by atoms with Crippen LogP contribution in [0.3, 0.4) is 0 Å². The van der Waals surface area contributed by atoms with Gasteiger partial charge >= 0.3 is 5.97 Å². The van der Waals surface area contributed by atoms with Gasteiger partial charge in [-0.25, -0.2) is 9.18 Å². The molecule has 4 nitrogen and oxygen atoms in total. The molecule has 1 aliphatic rings. The summed E-state index contributed by atoms with van der Waals surface area (Å²) in [7, 11) is 0. The Kier molecular flexibility index (Phi) is 6.86. The number of fused-ring (bicyclic) bond motifs is 1. The van der Waals surface area contributed by atoms with E-state index in [1.54, 1.807) is 25.2 Å². The van der Waals surface area contributed by atoms with E-state index in [1.165, 1.54) is 27.1 Å². The minimum absolute atomic E-state index is 0.434. The number of aliphatic carboxylic acids is 1. The first-order valence-electron chi connectivity index (χ1n) is 11.3. The Morgan fingerprint density at radius 1 is 1.12 bits per heavy atom. The molecule has 1 N–H and O–H groups in total. The first-order valence-corrected chi connectivity index (χ1v) is 12.1. The van der Waals surface area contributed by atoms with Crippen LogP contribution in [0.2, 0.25) is 0 Å². The molecule has 0 saturated heterocycles. The van der Waals surface area contributed by atoms with Crippen molar-refractivity contribution < 1.29 is 19.0 Å². The van der Waals surface area contributed by atoms with Gasteiger partial charge in [-0.1, -0.05) is 30.3 Å². The highest BCUT2D eigenvalue weighted by molar-refractivity contribution is 7.10. The van der Waals surface area contributed by atoms with Crippen LogP contribution < -0.4 is 4.74 Å². The maximum Gasteiger partial charge on any atom is 0.347 e. The molecule has 4 rings (SSSR count). The molecule has 3 aromatic rings. The number of alkyl halides is 1. The fraction of sp³-hybridized carbons (Fsp3) is 0.370. The van der Waals surface area contributed by atoms with Gasteiger partial charge in [-0.3, -0.25) is 4.90 Å². The van der Waals surface area contributed by atoms with Gasteiger partial charge in [0.2, 0.25) is 0 Å². The van der Waals surface area contributed by atoms with Crippen molar-refractivity contribution >= 4 is 17.3 Å². The topological polar surface area (TPSA) is 49.8 Å². The molecule has 0 fully saturated rings. The average molecular weight is 468 g/mol. The second-order valence-electron chi connectivity index (χ2n) is 9.15. The zero-order chi connectivity index (χ0) is 23.6. The Morgan fingerprint density at radius 2 is 1.82 bits per heavy atom. The summed E-state index contributed by atoms with van der Waals surface area (Å²) in [5.41, 5.74) is 5.62. The molecule has 0 atom stereocenters. The molecule has 1 aromatic heterocycles. The van der Waals surface area contributed by atoms with E-state index in [-0.39, 0.29) is 0 Å². The summed E-state index contributed by atoms with van der Waals surface area (Å²) in [5.74, 6) is -0.375. The van der Waals surface area contributed by atoms with E-state index >= 15 is 0 Å². The number of carboxylic acid groups (broad SMARTS) is 1. The molecule has 0 radical (unpaired) electrons. The van der Waals surface area contributed by atoms with E-state index in [9.17, 15) is 14.3 Å². The van der Waals surface area contributed by atoms with E-state index in [2.05, 4.69) is 23.3 Å². The van der Waals surface area contributed by atoms with Crippen LogP contribution in [0, 0.1) is 6.92 Å². The lowest BCUT2D eigenvalue weighted by Crippen LogP contribution is -2.37. The normalized spacial score (nSPS) is 14.5. The summed E-state index contributed by atoms with van der Waals surface area (Å²) >= 11 is 1.79. The van der Waals surface area contributed by atoms with E-state index in [1.807, 2.05) is 36.4 Å². The van der Waals surface area contributed by atoms with Crippen LogP contribution in [0.25, 0.3) is 11.1 Å². The molecule has 33 heavy (non-hydrogen) atoms. The third kappa shape index (κ3) is 5.28. The summed E-state index contributed by atoms with van der Waals surface area (Å²) in [4.78, 5) is 15.2. The quantitative estimate of drug-likeness (QED) is 0.461. The van der Waals surface area contributed by atoms with Crippen molar-refractivity contribution in [3.8, 4) is 16.9 Å². The lowest BCUT2D eigenvalue weighted by Gasteiger charge is -2.22. The number of rotatable bonds is 7. The molecule has 0 amide bonds. The van der Waals surface area contributed by atoms with Gasteiger partial charge in [0.1, 0.15) is 12.4 Å². The predicted molar refractivity (Wildman–Crippen MR) is 131 cm³/mol. The highest BCUT2D eigenvalue weighted by atomic mass is 32.1. The van der Waals surface area contributed by atoms with E-state index in [0.29, 0.717) is 11.3 Å². The van der Waals surface area contributed by atoms with Crippen molar-refractivity contribution in [2.45, 2.75) is 52.4 Å². The highest BCUT2D eigenvalue weighted by Crippen LogP contribution is 2.33. The molecule has 0 spiro atoms. The Labute approximate surface area is 198 Å². The van der Waals surface area contributed by atoms with Crippen LogP contribution >= 0.6 is 11.3 Å². The number of carboxylic acids is 1. The van der Waals surface area contributed by atoms with Gasteiger partial charge in [0.15, 0.2) is 5.60 Å². The van der Waals surface area contributed by atoms with Crippen LogP contribution in [0.1, 0.15) is 41.0 Å². The molecular formula is C27H30FNO3S. The van der Waals surface area contributed by atoms with Crippen molar-refractivity contribution in [2.24, 2.45) is 0 Å². The number of benzene rings is 2. The molecule has 0 unspecified atom stereocenters. The smallest absolute Gasteiger partial charge is 0.347 e. The average Bonchev–Trinajstić information content (AvgIpc) is 3.03. The number of hydrogen-bond acceptors (Lipinski definition) is 4. The van der Waals surface area contributed by atoms with Crippen LogP contribution in [0.15, 0.2) is 47.8 Å². The molecule has 0 bridgehead atoms. The summed E-state index contributed by atoms with van der Waals surface area (Å²) < 4.78 is 18.6. The standard InChI is InChI=1S/C27H30FNO3S/c1-18-24(21-6-4-19(15-28)5-7-21)17-33-25(18)16-29-12-10-20-8-9-23(14-22(20)11-13-29)32-27(2,3)26(30)31/h4-9,14,17H,10-13,15-16H2,1-3H3,(H,30,31). The van der Waals surface area contributed by atoms with Crippen LogP contribution in [-0.4, -0.2) is 34.7 Å². The predicted octanol–water partition coefficient (Wildman–Crippen LogP) is 6.04. The van der Waals surface area contributed by atoms with E-state index in [4.69, 9.17) is 4.74 Å². The first kappa shape index (κ1) is 23.5. The van der Waals surface area contributed by atoms with Crippen molar-refractivity contribution in [3.05, 3.63) is 75.0 Å². The Balaban J connectivity index is 1.43. The summed E-state index contributed by atoms with van der Waals surface area (Å²) in [6, 6.07) is 13.7. The zero-order valence-electron chi connectivity index (χ0n) is 19.4. The van der Waals surface area contributed by atoms with Gasteiger partial charge in [-0.2, -0.15) is 0 Å². The summed E-state index contributed by atoms with van der Waals surface area (Å²) in [5, 5.41) is 11.5. The third-order valence-corrected chi connectivity index (χ3v) is 7.46. The molecular weight excluding hydrogens is 437 g/mol. The second kappa shape index (κ2) is 9.65. The van der Waals surface area contributed by atoms with Gasteiger partial charge in [0.05, 0.1) is 0 Å². The second-order valence-corrected chi connectivity index (χ2v) is 10.1. The molecule has 2 aromatic carbocycles. The fourth-order valence-electron chi connectivity index (χ4n) is 4.18. The van der Waals surface area contributed by atoms with Crippen molar-refractivity contribution in [2.75, 3.05) is 13.1 Å². The molecule has 2 heterocycles. The highest BCUT2D eigenvalue weighted by Gasteiger charge is 2.29. The first-order chi connectivity index (χ1) is 15.8. The van der Waals surface area contributed by atoms with Gasteiger partial charge in [0, 0.05) is 24.5 Å². The number of ether oxygens (including phenoxy) is 1. The molecule has 0 saturated carbocycles. The maximum atomic E-state index is 12.8. The van der Waals surface area contributed by atoms with Gasteiger partial charge in [-0.15, -0.1) is 11.3 Å². The molecule has 174 valence electrons. The van der Waals surface area contributed by atoms with E-state index < -0.39 is 18.2 Å². The van der Waals surface area contributed by atoms with Gasteiger partial charge in [0.25, 0.3) is 0 Å². The Hall–Kier alpha value is -2.70. The van der Waals surface area contributed by atoms with Crippen LogP contribution in [0.5, 0.6) is 5.75 Å². The van der Waals surface area contributed by atoms with Crippen molar-refractivity contribution in [1.29, 1.82) is 0 Å². The monoisotopic (exact) mass is 467 g/mol. The fourth-order valence-corrected chi connectivity index (χ4v) is 5.30. The minimum Gasteiger partial charge on any atom is -0.478 e. The Morgan fingerprint density at radius 3 is 2.48 bits per heavy atom. The molecule has 0 aliphatic carbocycles. The SMILES string of the molecule is Cc1c(-c2ccc(CF)cc2)csc1CN1CCc2ccc(OC(C)(C)C(=O)O)cc2CC1. The summed E-state index contributed by atoms with van der Waals surface area (Å²) in [6.45, 7) is 7.69. The summed E-state index contributed by atoms with van der Waals surface area (Å²) in [6.07, 6.45) is 1.86. The van der Waals surface area contributed by atoms with Crippen LogP contribution in [0.4, 0.5) is 4.39 Å². The third-order valence-electron chi connectivity index (χ3n) is 6.39. The largest absolute Gasteiger partial charge is 0.478 e. The lowest BCUT2D eigenvalue weighted by atomic mass is 10.0. The number of hydrogen-bond donors (Lipinski definition) is 1. The number of halogens is 1. The van der Waals surface area contributed by atoms with E-state index in [0.717, 1.165) is 38.0 Å². The number of nitrogens with zero attached hydrogens (tertiary/aromatic N) is 1. The minimum atomic E-state index is -1.26. The molecule has 6 heteroatoms.